The zero-order valence-electron chi connectivity index (χ0n) is 11.2. The number of nitriles is 1. The van der Waals surface area contributed by atoms with E-state index in [0.717, 1.165) is 5.56 Å². The monoisotopic (exact) mass is 246 g/mol. The maximum absolute atomic E-state index is 11.6. The van der Waals surface area contributed by atoms with Gasteiger partial charge in [-0.15, -0.1) is 0 Å². The fraction of sp³-hybridized carbons (Fsp3) is 0.429. The summed E-state index contributed by atoms with van der Waals surface area (Å²) in [5.74, 6) is -0.314. The molecular formula is C14H18N2O2. The van der Waals surface area contributed by atoms with Crippen molar-refractivity contribution in [3.05, 3.63) is 35.4 Å². The van der Waals surface area contributed by atoms with Crippen LogP contribution >= 0.6 is 0 Å². The van der Waals surface area contributed by atoms with Crippen molar-refractivity contribution >= 4 is 5.97 Å². The van der Waals surface area contributed by atoms with Gasteiger partial charge in [-0.05, 0) is 38.5 Å². The minimum atomic E-state index is -0.767. The van der Waals surface area contributed by atoms with Gasteiger partial charge >= 0.3 is 5.97 Å². The van der Waals surface area contributed by atoms with Crippen LogP contribution in [0.4, 0.5) is 0 Å². The summed E-state index contributed by atoms with van der Waals surface area (Å²) in [5.41, 5.74) is 0.805. The smallest absolute Gasteiger partial charge is 0.325 e. The van der Waals surface area contributed by atoms with Crippen LogP contribution in [0.25, 0.3) is 0 Å². The van der Waals surface area contributed by atoms with Crippen LogP contribution in [0.3, 0.4) is 0 Å². The van der Waals surface area contributed by atoms with E-state index in [1.165, 1.54) is 7.11 Å². The van der Waals surface area contributed by atoms with E-state index in [-0.39, 0.29) is 12.0 Å². The second kappa shape index (κ2) is 5.65. The van der Waals surface area contributed by atoms with Gasteiger partial charge in [-0.1, -0.05) is 12.1 Å². The van der Waals surface area contributed by atoms with E-state index in [4.69, 9.17) is 10.00 Å². The van der Waals surface area contributed by atoms with Crippen molar-refractivity contribution < 1.29 is 9.53 Å². The van der Waals surface area contributed by atoms with Crippen molar-refractivity contribution in [2.75, 3.05) is 7.11 Å². The third-order valence-electron chi connectivity index (χ3n) is 2.79. The first-order chi connectivity index (χ1) is 8.40. The molecule has 18 heavy (non-hydrogen) atoms. The average molecular weight is 246 g/mol. The summed E-state index contributed by atoms with van der Waals surface area (Å²) in [4.78, 5) is 11.6. The highest BCUT2D eigenvalue weighted by Crippen LogP contribution is 2.18. The zero-order valence-corrected chi connectivity index (χ0v) is 11.2. The highest BCUT2D eigenvalue weighted by molar-refractivity contribution is 5.79. The van der Waals surface area contributed by atoms with Gasteiger partial charge in [0, 0.05) is 6.04 Å². The molecule has 1 atom stereocenters. The van der Waals surface area contributed by atoms with E-state index < -0.39 is 5.54 Å². The molecular weight excluding hydrogens is 228 g/mol. The standard InChI is InChI=1S/C14H18N2O2/c1-10(16-14(2,3)13(17)18-4)12-7-5-6-11(8-12)9-15/h5-8,10,16H,1-4H3. The Morgan fingerprint density at radius 2 is 2.17 bits per heavy atom. The number of benzene rings is 1. The summed E-state index contributed by atoms with van der Waals surface area (Å²) < 4.78 is 4.74. The van der Waals surface area contributed by atoms with Gasteiger partial charge in [0.2, 0.25) is 0 Å². The predicted octanol–water partition coefficient (Wildman–Crippen LogP) is 2.16. The fourth-order valence-corrected chi connectivity index (χ4v) is 1.82. The van der Waals surface area contributed by atoms with E-state index in [2.05, 4.69) is 11.4 Å². The van der Waals surface area contributed by atoms with Gasteiger partial charge in [-0.25, -0.2) is 0 Å². The number of esters is 1. The molecule has 0 amide bonds. The molecule has 96 valence electrons. The van der Waals surface area contributed by atoms with Crippen LogP contribution in [0.2, 0.25) is 0 Å². The lowest BCUT2D eigenvalue weighted by molar-refractivity contribution is -0.147. The van der Waals surface area contributed by atoms with E-state index in [0.29, 0.717) is 5.56 Å². The van der Waals surface area contributed by atoms with Crippen molar-refractivity contribution in [1.29, 1.82) is 5.26 Å². The van der Waals surface area contributed by atoms with Gasteiger partial charge in [-0.3, -0.25) is 10.1 Å². The fourth-order valence-electron chi connectivity index (χ4n) is 1.82. The Kier molecular flexibility index (Phi) is 4.46. The second-order valence-electron chi connectivity index (χ2n) is 4.72. The van der Waals surface area contributed by atoms with Crippen molar-refractivity contribution in [3.8, 4) is 6.07 Å². The molecule has 4 heteroatoms. The highest BCUT2D eigenvalue weighted by Gasteiger charge is 2.30. The second-order valence-corrected chi connectivity index (χ2v) is 4.72. The molecule has 0 saturated carbocycles. The van der Waals surface area contributed by atoms with Crippen LogP contribution < -0.4 is 5.32 Å². The summed E-state index contributed by atoms with van der Waals surface area (Å²) >= 11 is 0. The quantitative estimate of drug-likeness (QED) is 0.827. The summed E-state index contributed by atoms with van der Waals surface area (Å²) in [6.07, 6.45) is 0. The molecule has 0 radical (unpaired) electrons. The van der Waals surface area contributed by atoms with Crippen molar-refractivity contribution in [2.45, 2.75) is 32.4 Å². The van der Waals surface area contributed by atoms with Gasteiger partial charge in [0.25, 0.3) is 0 Å². The molecule has 0 bridgehead atoms. The maximum atomic E-state index is 11.6. The number of methoxy groups -OCH3 is 1. The molecule has 0 aliphatic rings. The summed E-state index contributed by atoms with van der Waals surface area (Å²) in [6.45, 7) is 5.48. The third kappa shape index (κ3) is 3.31. The molecule has 1 aromatic rings. The summed E-state index contributed by atoms with van der Waals surface area (Å²) in [5, 5.41) is 12.0. The van der Waals surface area contributed by atoms with E-state index in [9.17, 15) is 4.79 Å². The van der Waals surface area contributed by atoms with Crippen LogP contribution in [0.1, 0.15) is 37.9 Å². The maximum Gasteiger partial charge on any atom is 0.325 e. The van der Waals surface area contributed by atoms with Gasteiger partial charge in [-0.2, -0.15) is 5.26 Å². The lowest BCUT2D eigenvalue weighted by Crippen LogP contribution is -2.48. The molecule has 0 aliphatic heterocycles. The Hall–Kier alpha value is -1.86. The lowest BCUT2D eigenvalue weighted by Gasteiger charge is -2.27. The van der Waals surface area contributed by atoms with Crippen LogP contribution in [-0.2, 0) is 9.53 Å². The van der Waals surface area contributed by atoms with Crippen LogP contribution in [0, 0.1) is 11.3 Å². The van der Waals surface area contributed by atoms with Gasteiger partial charge in [0.15, 0.2) is 0 Å². The third-order valence-corrected chi connectivity index (χ3v) is 2.79. The molecule has 1 aromatic carbocycles. The number of hydrogen-bond donors (Lipinski definition) is 1. The van der Waals surface area contributed by atoms with E-state index >= 15 is 0 Å². The summed E-state index contributed by atoms with van der Waals surface area (Å²) in [6, 6.07) is 9.37. The Balaban J connectivity index is 2.85. The summed E-state index contributed by atoms with van der Waals surface area (Å²) in [7, 11) is 1.37. The number of rotatable bonds is 4. The first kappa shape index (κ1) is 14.2. The van der Waals surface area contributed by atoms with Crippen LogP contribution in [0.5, 0.6) is 0 Å². The molecule has 0 spiro atoms. The predicted molar refractivity (Wildman–Crippen MR) is 68.8 cm³/mol. The highest BCUT2D eigenvalue weighted by atomic mass is 16.5. The number of nitrogens with one attached hydrogen (secondary N) is 1. The molecule has 1 N–H and O–H groups in total. The topological polar surface area (TPSA) is 62.1 Å². The molecule has 0 saturated heterocycles. The zero-order chi connectivity index (χ0) is 13.8. The number of hydrogen-bond acceptors (Lipinski definition) is 4. The van der Waals surface area contributed by atoms with Crippen molar-refractivity contribution in [2.24, 2.45) is 0 Å². The van der Waals surface area contributed by atoms with E-state index in [1.807, 2.05) is 25.1 Å². The Bertz CT molecular complexity index is 475. The molecule has 0 fully saturated rings. The first-order valence-corrected chi connectivity index (χ1v) is 5.77. The van der Waals surface area contributed by atoms with Crippen molar-refractivity contribution in [3.63, 3.8) is 0 Å². The van der Waals surface area contributed by atoms with Gasteiger partial charge < -0.3 is 4.74 Å². The minimum Gasteiger partial charge on any atom is -0.468 e. The molecule has 0 aliphatic carbocycles. The Labute approximate surface area is 108 Å². The Morgan fingerprint density at radius 3 is 2.72 bits per heavy atom. The SMILES string of the molecule is COC(=O)C(C)(C)NC(C)c1cccc(C#N)c1. The van der Waals surface area contributed by atoms with E-state index in [1.54, 1.807) is 19.9 Å². The number of carbonyl (C=O) groups is 1. The van der Waals surface area contributed by atoms with Crippen LogP contribution in [0.15, 0.2) is 24.3 Å². The number of ether oxygens (including phenoxy) is 1. The van der Waals surface area contributed by atoms with Gasteiger partial charge in [0.05, 0.1) is 18.7 Å². The molecule has 0 aromatic heterocycles. The number of nitrogens with zero attached hydrogens (tertiary/aromatic N) is 1. The molecule has 1 rings (SSSR count). The van der Waals surface area contributed by atoms with Crippen molar-refractivity contribution in [1.82, 2.24) is 5.32 Å². The molecule has 4 nitrogen and oxygen atoms in total. The lowest BCUT2D eigenvalue weighted by atomic mass is 10.00. The first-order valence-electron chi connectivity index (χ1n) is 5.77. The molecule has 0 heterocycles. The van der Waals surface area contributed by atoms with Crippen LogP contribution in [-0.4, -0.2) is 18.6 Å². The Morgan fingerprint density at radius 1 is 1.50 bits per heavy atom. The minimum absolute atomic E-state index is 0.0487. The largest absolute Gasteiger partial charge is 0.468 e. The number of carbonyl (C=O) groups excluding carboxylic acids is 1. The normalized spacial score (nSPS) is 12.6. The average Bonchev–Trinajstić information content (AvgIpc) is 2.37. The molecule has 1 unspecified atom stereocenters. The van der Waals surface area contributed by atoms with Gasteiger partial charge in [0.1, 0.15) is 5.54 Å².